The maximum atomic E-state index is 12.4. The molecule has 0 saturated carbocycles. The van der Waals surface area contributed by atoms with Gasteiger partial charge in [0.15, 0.2) is 5.16 Å². The molecule has 0 atom stereocenters. The van der Waals surface area contributed by atoms with Gasteiger partial charge < -0.3 is 19.6 Å². The molecule has 0 bridgehead atoms. The third-order valence-electron chi connectivity index (χ3n) is 4.86. The molecular formula is C20H24N6O2S. The van der Waals surface area contributed by atoms with E-state index in [4.69, 9.17) is 4.74 Å². The number of amides is 1. The van der Waals surface area contributed by atoms with Crippen LogP contribution in [0.5, 0.6) is 5.75 Å². The fourth-order valence-corrected chi connectivity index (χ4v) is 3.94. The highest BCUT2D eigenvalue weighted by atomic mass is 32.2. The normalized spacial score (nSPS) is 14.8. The van der Waals surface area contributed by atoms with Crippen molar-refractivity contribution in [3.05, 3.63) is 60.4 Å². The molecule has 2 aromatic heterocycles. The van der Waals surface area contributed by atoms with Crippen molar-refractivity contribution in [2.45, 2.75) is 17.3 Å². The van der Waals surface area contributed by atoms with Crippen LogP contribution < -0.4 is 4.74 Å². The first-order chi connectivity index (χ1) is 14.3. The van der Waals surface area contributed by atoms with Crippen LogP contribution in [0.4, 0.5) is 4.79 Å². The average molecular weight is 413 g/mol. The first-order valence-corrected chi connectivity index (χ1v) is 10.6. The van der Waals surface area contributed by atoms with Gasteiger partial charge in [-0.3, -0.25) is 4.90 Å². The van der Waals surface area contributed by atoms with Gasteiger partial charge in [0.2, 0.25) is 0 Å². The second-order valence-corrected chi connectivity index (χ2v) is 7.81. The summed E-state index contributed by atoms with van der Waals surface area (Å²) in [7, 11) is 0. The number of ether oxygens (including phenoxy) is 1. The Morgan fingerprint density at radius 2 is 1.97 bits per heavy atom. The summed E-state index contributed by atoms with van der Waals surface area (Å²) in [6, 6.07) is 7.64. The van der Waals surface area contributed by atoms with E-state index in [1.54, 1.807) is 29.2 Å². The smallest absolute Gasteiger partial charge is 0.410 e. The van der Waals surface area contributed by atoms with Crippen LogP contribution in [0.25, 0.3) is 0 Å². The number of benzene rings is 1. The summed E-state index contributed by atoms with van der Waals surface area (Å²) in [5, 5.41) is 0.893. The Morgan fingerprint density at radius 1 is 1.14 bits per heavy atom. The lowest BCUT2D eigenvalue weighted by Gasteiger charge is -2.33. The van der Waals surface area contributed by atoms with E-state index in [0.717, 1.165) is 48.2 Å². The molecule has 0 spiro atoms. The fourth-order valence-electron chi connectivity index (χ4n) is 3.15. The van der Waals surface area contributed by atoms with Crippen molar-refractivity contribution in [1.29, 1.82) is 0 Å². The summed E-state index contributed by atoms with van der Waals surface area (Å²) < 4.78 is 5.54. The molecule has 1 aliphatic heterocycles. The average Bonchev–Trinajstić information content (AvgIpc) is 3.46. The Morgan fingerprint density at radius 3 is 2.66 bits per heavy atom. The Balaban J connectivity index is 1.19. The molecule has 0 radical (unpaired) electrons. The highest BCUT2D eigenvalue weighted by Gasteiger charge is 2.22. The van der Waals surface area contributed by atoms with Gasteiger partial charge in [-0.05, 0) is 17.7 Å². The van der Waals surface area contributed by atoms with Gasteiger partial charge in [0.1, 0.15) is 5.75 Å². The molecule has 3 aromatic rings. The van der Waals surface area contributed by atoms with Crippen LogP contribution in [0, 0.1) is 0 Å². The number of aromatic amines is 2. The van der Waals surface area contributed by atoms with Gasteiger partial charge in [-0.15, -0.1) is 0 Å². The molecule has 3 heterocycles. The van der Waals surface area contributed by atoms with Crippen molar-refractivity contribution in [3.8, 4) is 5.75 Å². The van der Waals surface area contributed by atoms with E-state index in [0.29, 0.717) is 18.8 Å². The molecule has 0 unspecified atom stereocenters. The third-order valence-corrected chi connectivity index (χ3v) is 5.83. The zero-order chi connectivity index (χ0) is 19.9. The third kappa shape index (κ3) is 5.61. The summed E-state index contributed by atoms with van der Waals surface area (Å²) in [6.45, 7) is 4.03. The van der Waals surface area contributed by atoms with Gasteiger partial charge in [0.05, 0.1) is 6.33 Å². The van der Waals surface area contributed by atoms with Gasteiger partial charge in [-0.25, -0.2) is 14.8 Å². The number of nitrogens with zero attached hydrogens (tertiary/aromatic N) is 4. The lowest BCUT2D eigenvalue weighted by atomic mass is 10.2. The van der Waals surface area contributed by atoms with Crippen LogP contribution in [0.1, 0.15) is 11.3 Å². The molecule has 29 heavy (non-hydrogen) atoms. The van der Waals surface area contributed by atoms with Crippen LogP contribution in [-0.4, -0.2) is 68.6 Å². The maximum absolute atomic E-state index is 12.4. The highest BCUT2D eigenvalue weighted by Crippen LogP contribution is 2.21. The second-order valence-electron chi connectivity index (χ2n) is 6.85. The minimum atomic E-state index is -0.282. The number of imidazole rings is 2. The Labute approximate surface area is 173 Å². The van der Waals surface area contributed by atoms with Gasteiger partial charge in [-0.2, -0.15) is 0 Å². The van der Waals surface area contributed by atoms with Crippen LogP contribution in [0.2, 0.25) is 0 Å². The number of nitrogens with one attached hydrogen (secondary N) is 2. The SMILES string of the molecule is O=C(Oc1ccc(CSc2ncc[nH]2)cc1)N1CCN(CCc2cnc[nH]2)CC1. The van der Waals surface area contributed by atoms with Gasteiger partial charge in [0, 0.05) is 69.2 Å². The zero-order valence-corrected chi connectivity index (χ0v) is 16.9. The van der Waals surface area contributed by atoms with Crippen molar-refractivity contribution < 1.29 is 9.53 Å². The first-order valence-electron chi connectivity index (χ1n) is 9.64. The number of piperazine rings is 1. The molecule has 152 valence electrons. The second kappa shape index (κ2) is 9.62. The van der Waals surface area contributed by atoms with Crippen LogP contribution in [0.15, 0.2) is 54.3 Å². The fraction of sp³-hybridized carbons (Fsp3) is 0.350. The molecule has 1 aliphatic rings. The standard InChI is InChI=1S/C20H24N6O2S/c27-20(26-11-9-25(10-12-26)8-5-17-13-21-15-24-17)28-18-3-1-16(2-4-18)14-29-19-22-6-7-23-19/h1-4,6-7,13,15H,5,8-12,14H2,(H,21,24)(H,22,23). The molecule has 4 rings (SSSR count). The Bertz CT molecular complexity index is 874. The molecule has 1 fully saturated rings. The number of carbonyl (C=O) groups excluding carboxylic acids is 1. The van der Waals surface area contributed by atoms with E-state index in [2.05, 4.69) is 24.8 Å². The van der Waals surface area contributed by atoms with Crippen LogP contribution in [-0.2, 0) is 12.2 Å². The molecule has 8 nitrogen and oxygen atoms in total. The molecule has 1 aromatic carbocycles. The van der Waals surface area contributed by atoms with E-state index in [-0.39, 0.29) is 6.09 Å². The van der Waals surface area contributed by atoms with Gasteiger partial charge in [0.25, 0.3) is 0 Å². The monoisotopic (exact) mass is 412 g/mol. The van der Waals surface area contributed by atoms with Crippen molar-refractivity contribution in [3.63, 3.8) is 0 Å². The van der Waals surface area contributed by atoms with Crippen LogP contribution in [0.3, 0.4) is 0 Å². The number of carbonyl (C=O) groups is 1. The number of aromatic nitrogens is 4. The summed E-state index contributed by atoms with van der Waals surface area (Å²) >= 11 is 1.63. The number of H-pyrrole nitrogens is 2. The summed E-state index contributed by atoms with van der Waals surface area (Å²) in [4.78, 5) is 31.0. The van der Waals surface area contributed by atoms with E-state index in [1.807, 2.05) is 36.7 Å². The van der Waals surface area contributed by atoms with Gasteiger partial charge in [-0.1, -0.05) is 23.9 Å². The zero-order valence-electron chi connectivity index (χ0n) is 16.1. The Hall–Kier alpha value is -2.78. The topological polar surface area (TPSA) is 90.1 Å². The lowest BCUT2D eigenvalue weighted by molar-refractivity contribution is 0.111. The minimum absolute atomic E-state index is 0.282. The maximum Gasteiger partial charge on any atom is 0.415 e. The molecule has 9 heteroatoms. The Kier molecular flexibility index (Phi) is 6.48. The summed E-state index contributed by atoms with van der Waals surface area (Å²) in [5.41, 5.74) is 2.29. The largest absolute Gasteiger partial charge is 0.415 e. The minimum Gasteiger partial charge on any atom is -0.410 e. The summed E-state index contributed by atoms with van der Waals surface area (Å²) in [6.07, 6.45) is 7.77. The summed E-state index contributed by atoms with van der Waals surface area (Å²) in [5.74, 6) is 1.38. The van der Waals surface area contributed by atoms with Crippen molar-refractivity contribution in [1.82, 2.24) is 29.7 Å². The molecule has 2 N–H and O–H groups in total. The molecule has 1 amide bonds. The molecular weight excluding hydrogens is 388 g/mol. The highest BCUT2D eigenvalue weighted by molar-refractivity contribution is 7.98. The predicted octanol–water partition coefficient (Wildman–Crippen LogP) is 2.78. The van der Waals surface area contributed by atoms with Crippen molar-refractivity contribution >= 4 is 17.9 Å². The lowest BCUT2D eigenvalue weighted by Crippen LogP contribution is -2.49. The first kappa shape index (κ1) is 19.5. The number of hydrogen-bond donors (Lipinski definition) is 2. The quantitative estimate of drug-likeness (QED) is 0.580. The van der Waals surface area contributed by atoms with Crippen molar-refractivity contribution in [2.24, 2.45) is 0 Å². The van der Waals surface area contributed by atoms with Crippen molar-refractivity contribution in [2.75, 3.05) is 32.7 Å². The van der Waals surface area contributed by atoms with E-state index in [1.165, 1.54) is 0 Å². The number of rotatable bonds is 7. The van der Waals surface area contributed by atoms with E-state index < -0.39 is 0 Å². The number of hydrogen-bond acceptors (Lipinski definition) is 6. The van der Waals surface area contributed by atoms with E-state index in [9.17, 15) is 4.79 Å². The molecule has 0 aliphatic carbocycles. The molecule has 1 saturated heterocycles. The number of thioether (sulfide) groups is 1. The van der Waals surface area contributed by atoms with E-state index >= 15 is 0 Å². The predicted molar refractivity (Wildman–Crippen MR) is 111 cm³/mol. The van der Waals surface area contributed by atoms with Gasteiger partial charge >= 0.3 is 6.09 Å². The van der Waals surface area contributed by atoms with Crippen LogP contribution >= 0.6 is 11.8 Å².